The summed E-state index contributed by atoms with van der Waals surface area (Å²) in [6.45, 7) is 3.03. The molecule has 2 amide bonds. The van der Waals surface area contributed by atoms with E-state index in [-0.39, 0.29) is 17.9 Å². The molecule has 0 saturated heterocycles. The number of carbonyl (C=O) groups excluding carboxylic acids is 2. The number of imide groups is 1. The summed E-state index contributed by atoms with van der Waals surface area (Å²) in [4.78, 5) is 22.8. The van der Waals surface area contributed by atoms with E-state index in [2.05, 4.69) is 10.1 Å². The minimum Gasteiger partial charge on any atom is -0.450 e. The smallest absolute Gasteiger partial charge is 0.416 e. The summed E-state index contributed by atoms with van der Waals surface area (Å²) in [7, 11) is 0. The Hall–Kier alpha value is -3.02. The number of nitrogens with one attached hydrogen (secondary N) is 2. The van der Waals surface area contributed by atoms with Gasteiger partial charge in [0.2, 0.25) is 0 Å². The molecule has 6 nitrogen and oxygen atoms in total. The van der Waals surface area contributed by atoms with Crippen LogP contribution in [0, 0.1) is 18.3 Å². The Kier molecular flexibility index (Phi) is 6.35. The third kappa shape index (κ3) is 5.31. The predicted octanol–water partition coefficient (Wildman–Crippen LogP) is 3.11. The number of alkyl carbamates (subject to hydrolysis) is 1. The summed E-state index contributed by atoms with van der Waals surface area (Å²) < 4.78 is 42.3. The maximum Gasteiger partial charge on any atom is 0.416 e. The molecule has 0 aliphatic heterocycles. The molecule has 0 aliphatic rings. The Morgan fingerprint density at radius 2 is 2.04 bits per heavy atom. The number of nitrogens with zero attached hydrogens (tertiary/aromatic N) is 1. The van der Waals surface area contributed by atoms with Gasteiger partial charge in [0.05, 0.1) is 12.2 Å². The first-order valence-corrected chi connectivity index (χ1v) is 6.71. The number of amides is 2. The fraction of sp³-hybridized carbons (Fsp3) is 0.267. The highest BCUT2D eigenvalue weighted by Crippen LogP contribution is 2.31. The van der Waals surface area contributed by atoms with Gasteiger partial charge in [0.15, 0.2) is 0 Å². The SMILES string of the molecule is CCOC(=O)NC(=O)C(C#N)=CNc1ccc(C(F)(F)F)cc1C. The first-order chi connectivity index (χ1) is 11.2. The van der Waals surface area contributed by atoms with Crippen molar-refractivity contribution in [2.24, 2.45) is 0 Å². The Labute approximate surface area is 135 Å². The molecular weight excluding hydrogens is 327 g/mol. The Morgan fingerprint density at radius 3 is 2.54 bits per heavy atom. The molecule has 0 atom stereocenters. The van der Waals surface area contributed by atoms with Crippen LogP contribution in [0.25, 0.3) is 0 Å². The number of aryl methyl sites for hydroxylation is 1. The van der Waals surface area contributed by atoms with E-state index in [1.165, 1.54) is 13.0 Å². The highest BCUT2D eigenvalue weighted by atomic mass is 19.4. The molecular formula is C15H14F3N3O3. The van der Waals surface area contributed by atoms with Crippen molar-refractivity contribution < 1.29 is 27.5 Å². The highest BCUT2D eigenvalue weighted by Gasteiger charge is 2.30. The zero-order chi connectivity index (χ0) is 18.3. The quantitative estimate of drug-likeness (QED) is 0.649. The van der Waals surface area contributed by atoms with E-state index < -0.39 is 29.3 Å². The fourth-order valence-corrected chi connectivity index (χ4v) is 1.63. The molecule has 0 unspecified atom stereocenters. The molecule has 1 aromatic carbocycles. The van der Waals surface area contributed by atoms with Gasteiger partial charge >= 0.3 is 12.3 Å². The van der Waals surface area contributed by atoms with Gasteiger partial charge in [-0.1, -0.05) is 0 Å². The number of hydrogen-bond donors (Lipinski definition) is 2. The van der Waals surface area contributed by atoms with Crippen LogP contribution in [0.1, 0.15) is 18.1 Å². The highest BCUT2D eigenvalue weighted by molar-refractivity contribution is 6.05. The minimum atomic E-state index is -4.46. The monoisotopic (exact) mass is 341 g/mol. The van der Waals surface area contributed by atoms with Gasteiger partial charge in [0.25, 0.3) is 5.91 Å². The van der Waals surface area contributed by atoms with Crippen molar-refractivity contribution in [2.75, 3.05) is 11.9 Å². The summed E-state index contributed by atoms with van der Waals surface area (Å²) in [5, 5.41) is 13.3. The molecule has 24 heavy (non-hydrogen) atoms. The van der Waals surface area contributed by atoms with Gasteiger partial charge in [-0.2, -0.15) is 18.4 Å². The van der Waals surface area contributed by atoms with Crippen LogP contribution in [-0.4, -0.2) is 18.6 Å². The van der Waals surface area contributed by atoms with Gasteiger partial charge in [0.1, 0.15) is 11.6 Å². The van der Waals surface area contributed by atoms with Crippen molar-refractivity contribution in [3.63, 3.8) is 0 Å². The summed E-state index contributed by atoms with van der Waals surface area (Å²) in [6.07, 6.45) is -4.48. The predicted molar refractivity (Wildman–Crippen MR) is 78.7 cm³/mol. The zero-order valence-electron chi connectivity index (χ0n) is 12.8. The largest absolute Gasteiger partial charge is 0.450 e. The number of hydrogen-bond acceptors (Lipinski definition) is 5. The normalized spacial score (nSPS) is 11.4. The molecule has 2 N–H and O–H groups in total. The summed E-state index contributed by atoms with van der Waals surface area (Å²) in [5.41, 5.74) is -0.707. The van der Waals surface area contributed by atoms with Crippen molar-refractivity contribution in [2.45, 2.75) is 20.0 Å². The average molecular weight is 341 g/mol. The third-order valence-corrected chi connectivity index (χ3v) is 2.78. The standard InChI is InChI=1S/C15H14F3N3O3/c1-3-24-14(23)21-13(22)10(7-19)8-20-12-5-4-11(6-9(12)2)15(16,17)18/h4-6,8,20H,3H2,1-2H3,(H,21,22,23). The molecule has 0 spiro atoms. The number of nitriles is 1. The van der Waals surface area contributed by atoms with Crippen LogP contribution in [0.3, 0.4) is 0 Å². The molecule has 0 fully saturated rings. The van der Waals surface area contributed by atoms with E-state index in [1.54, 1.807) is 13.0 Å². The topological polar surface area (TPSA) is 91.2 Å². The van der Waals surface area contributed by atoms with Gasteiger partial charge < -0.3 is 10.1 Å². The van der Waals surface area contributed by atoms with E-state index in [1.807, 2.05) is 5.32 Å². The maximum atomic E-state index is 12.6. The van der Waals surface area contributed by atoms with Crippen molar-refractivity contribution in [3.05, 3.63) is 41.1 Å². The number of halogens is 3. The third-order valence-electron chi connectivity index (χ3n) is 2.78. The number of carbonyl (C=O) groups is 2. The molecule has 0 bridgehead atoms. The molecule has 128 valence electrons. The lowest BCUT2D eigenvalue weighted by molar-refractivity contribution is -0.137. The van der Waals surface area contributed by atoms with Crippen LogP contribution in [-0.2, 0) is 15.7 Å². The summed E-state index contributed by atoms with van der Waals surface area (Å²) in [6, 6.07) is 4.55. The van der Waals surface area contributed by atoms with Crippen LogP contribution < -0.4 is 10.6 Å². The minimum absolute atomic E-state index is 0.0493. The van der Waals surface area contributed by atoms with Crippen molar-refractivity contribution in [1.82, 2.24) is 5.32 Å². The number of rotatable bonds is 4. The van der Waals surface area contributed by atoms with Crippen LogP contribution in [0.15, 0.2) is 30.0 Å². The maximum absolute atomic E-state index is 12.6. The van der Waals surface area contributed by atoms with E-state index in [4.69, 9.17) is 5.26 Å². The molecule has 9 heteroatoms. The molecule has 1 rings (SSSR count). The van der Waals surface area contributed by atoms with Crippen LogP contribution >= 0.6 is 0 Å². The van der Waals surface area contributed by atoms with Gasteiger partial charge in [-0.05, 0) is 37.6 Å². The second kappa shape index (κ2) is 8.01. The van der Waals surface area contributed by atoms with Gasteiger partial charge in [-0.25, -0.2) is 4.79 Å². The first kappa shape index (κ1) is 19.0. The van der Waals surface area contributed by atoms with Gasteiger partial charge in [0, 0.05) is 11.9 Å². The zero-order valence-corrected chi connectivity index (χ0v) is 12.8. The Bertz CT molecular complexity index is 706. The molecule has 0 radical (unpaired) electrons. The lowest BCUT2D eigenvalue weighted by Crippen LogP contribution is -2.32. The number of anilines is 1. The number of ether oxygens (including phenoxy) is 1. The van der Waals surface area contributed by atoms with Gasteiger partial charge in [-0.3, -0.25) is 10.1 Å². The average Bonchev–Trinajstić information content (AvgIpc) is 2.48. The fourth-order valence-electron chi connectivity index (χ4n) is 1.63. The number of benzene rings is 1. The Morgan fingerprint density at radius 1 is 1.38 bits per heavy atom. The molecule has 0 heterocycles. The second-order valence-corrected chi connectivity index (χ2v) is 4.52. The summed E-state index contributed by atoms with van der Waals surface area (Å²) in [5.74, 6) is -0.993. The molecule has 1 aromatic rings. The molecule has 0 saturated carbocycles. The van der Waals surface area contributed by atoms with E-state index in [9.17, 15) is 22.8 Å². The van der Waals surface area contributed by atoms with E-state index in [0.717, 1.165) is 18.3 Å². The van der Waals surface area contributed by atoms with Crippen molar-refractivity contribution in [1.29, 1.82) is 5.26 Å². The second-order valence-electron chi connectivity index (χ2n) is 4.52. The molecule has 0 aromatic heterocycles. The van der Waals surface area contributed by atoms with Crippen molar-refractivity contribution >= 4 is 17.7 Å². The lowest BCUT2D eigenvalue weighted by Gasteiger charge is -2.11. The Balaban J connectivity index is 2.88. The number of alkyl halides is 3. The van der Waals surface area contributed by atoms with Gasteiger partial charge in [-0.15, -0.1) is 0 Å². The van der Waals surface area contributed by atoms with Crippen LogP contribution in [0.5, 0.6) is 0 Å². The summed E-state index contributed by atoms with van der Waals surface area (Å²) >= 11 is 0. The lowest BCUT2D eigenvalue weighted by atomic mass is 10.1. The van der Waals surface area contributed by atoms with Crippen LogP contribution in [0.4, 0.5) is 23.7 Å². The molecule has 0 aliphatic carbocycles. The first-order valence-electron chi connectivity index (χ1n) is 6.71. The van der Waals surface area contributed by atoms with Crippen LogP contribution in [0.2, 0.25) is 0 Å². The van der Waals surface area contributed by atoms with Crippen molar-refractivity contribution in [3.8, 4) is 6.07 Å². The van der Waals surface area contributed by atoms with E-state index in [0.29, 0.717) is 0 Å². The van der Waals surface area contributed by atoms with E-state index >= 15 is 0 Å².